The van der Waals surface area contributed by atoms with Crippen LogP contribution in [0.15, 0.2) is 48.6 Å². The number of imide groups is 1. The summed E-state index contributed by atoms with van der Waals surface area (Å²) in [5.41, 5.74) is 4.11. The second kappa shape index (κ2) is 8.13. The van der Waals surface area contributed by atoms with Crippen molar-refractivity contribution in [3.05, 3.63) is 65.2 Å². The molecule has 2 aromatic carbocycles. The minimum atomic E-state index is -0.568. The van der Waals surface area contributed by atoms with Gasteiger partial charge < -0.3 is 9.64 Å². The summed E-state index contributed by atoms with van der Waals surface area (Å²) in [4.78, 5) is 55.7. The summed E-state index contributed by atoms with van der Waals surface area (Å²) in [5.74, 6) is -0.0322. The predicted octanol–water partition coefficient (Wildman–Crippen LogP) is 4.13. The summed E-state index contributed by atoms with van der Waals surface area (Å²) >= 11 is 0. The van der Waals surface area contributed by atoms with Crippen molar-refractivity contribution in [1.82, 2.24) is 0 Å². The zero-order valence-electron chi connectivity index (χ0n) is 21.7. The largest absolute Gasteiger partial charge is 0.426 e. The molecule has 0 unspecified atom stereocenters. The molecule has 0 spiro atoms. The van der Waals surface area contributed by atoms with Crippen molar-refractivity contribution in [2.75, 3.05) is 16.3 Å². The van der Waals surface area contributed by atoms with Crippen LogP contribution in [-0.2, 0) is 19.2 Å². The molecule has 2 heterocycles. The van der Waals surface area contributed by atoms with Crippen LogP contribution in [0.4, 0.5) is 11.4 Å². The number of rotatable bonds is 4. The Morgan fingerprint density at radius 1 is 0.842 bits per heavy atom. The molecule has 0 N–H and O–H groups in total. The van der Waals surface area contributed by atoms with E-state index in [2.05, 4.69) is 12.2 Å². The van der Waals surface area contributed by atoms with Crippen molar-refractivity contribution in [3.63, 3.8) is 0 Å². The Balaban J connectivity index is 1.07. The first-order chi connectivity index (χ1) is 18.2. The maximum absolute atomic E-state index is 13.5. The van der Waals surface area contributed by atoms with Gasteiger partial charge in [-0.25, -0.2) is 4.90 Å². The first kappa shape index (κ1) is 23.4. The molecular weight excluding hydrogens is 480 g/mol. The van der Waals surface area contributed by atoms with E-state index in [1.54, 1.807) is 23.1 Å². The number of anilines is 2. The third-order valence-electron chi connectivity index (χ3n) is 9.40. The fourth-order valence-electron chi connectivity index (χ4n) is 7.44. The van der Waals surface area contributed by atoms with Gasteiger partial charge in [-0.05, 0) is 91.8 Å². The minimum absolute atomic E-state index is 0.0965. The van der Waals surface area contributed by atoms with Crippen LogP contribution in [0.2, 0.25) is 0 Å². The normalized spacial score (nSPS) is 32.6. The third kappa shape index (κ3) is 3.33. The van der Waals surface area contributed by atoms with Gasteiger partial charge in [0.25, 0.3) is 0 Å². The monoisotopic (exact) mass is 510 g/mol. The summed E-state index contributed by atoms with van der Waals surface area (Å²) in [5, 5.41) is 0. The number of esters is 1. The van der Waals surface area contributed by atoms with E-state index in [4.69, 9.17) is 4.74 Å². The number of allylic oxidation sites excluding steroid dienone is 2. The molecule has 6 aliphatic rings. The number of hydrogen-bond acceptors (Lipinski definition) is 5. The maximum Gasteiger partial charge on any atom is 0.316 e. The van der Waals surface area contributed by atoms with Crippen LogP contribution in [0.5, 0.6) is 5.75 Å². The molecule has 2 aromatic rings. The molecule has 3 amide bonds. The van der Waals surface area contributed by atoms with Crippen LogP contribution >= 0.6 is 0 Å². The highest BCUT2D eigenvalue weighted by Crippen LogP contribution is 2.65. The summed E-state index contributed by atoms with van der Waals surface area (Å²) < 4.78 is 5.68. The lowest BCUT2D eigenvalue weighted by atomic mass is 9.63. The molecule has 0 aromatic heterocycles. The highest BCUT2D eigenvalue weighted by atomic mass is 16.5. The van der Waals surface area contributed by atoms with Crippen molar-refractivity contribution >= 4 is 35.1 Å². The van der Waals surface area contributed by atoms with Gasteiger partial charge in [-0.2, -0.15) is 0 Å². The Kier molecular flexibility index (Phi) is 5.00. The van der Waals surface area contributed by atoms with Gasteiger partial charge in [-0.3, -0.25) is 19.2 Å². The van der Waals surface area contributed by atoms with Crippen molar-refractivity contribution in [2.45, 2.75) is 33.6 Å². The van der Waals surface area contributed by atoms with Crippen LogP contribution in [0.1, 0.15) is 29.5 Å². The Bertz CT molecular complexity index is 1420. The first-order valence-electron chi connectivity index (χ1n) is 13.5. The highest BCUT2D eigenvalue weighted by Gasteiger charge is 2.67. The van der Waals surface area contributed by atoms with Gasteiger partial charge in [0.2, 0.25) is 17.7 Å². The van der Waals surface area contributed by atoms with Gasteiger partial charge in [-0.15, -0.1) is 0 Å². The Morgan fingerprint density at radius 2 is 1.53 bits per heavy atom. The van der Waals surface area contributed by atoms with Gasteiger partial charge in [0.05, 0.1) is 23.4 Å². The van der Waals surface area contributed by atoms with E-state index in [-0.39, 0.29) is 54.4 Å². The molecule has 194 valence electrons. The summed E-state index contributed by atoms with van der Waals surface area (Å²) in [7, 11) is 0. The molecule has 0 radical (unpaired) electrons. The fraction of sp³-hybridized carbons (Fsp3) is 0.419. The summed E-state index contributed by atoms with van der Waals surface area (Å²) in [6.07, 6.45) is 5.56. The predicted molar refractivity (Wildman–Crippen MR) is 140 cm³/mol. The van der Waals surface area contributed by atoms with Crippen LogP contribution in [0, 0.1) is 62.2 Å². The number of carbonyl (C=O) groups is 4. The standard InChI is InChI=1S/C31H30N2O5/c1-15-4-5-16(2)25(10-15)32-14-18(12-26(32)34)31(37)38-19-6-9-24(17(3)11-19)33-29(35)27-20-7-8-21(23-13-22(20)23)28(27)30(33)36/h4-11,18,20-23,27-28H,12-14H2,1-3H3/t18-,20+,21+,22+,23+,27-,28-/m1/s1. The lowest BCUT2D eigenvalue weighted by Gasteiger charge is -2.37. The molecule has 4 fully saturated rings. The number of hydrogen-bond donors (Lipinski definition) is 0. The molecular formula is C31H30N2O5. The van der Waals surface area contributed by atoms with E-state index in [0.717, 1.165) is 23.2 Å². The topological polar surface area (TPSA) is 84.0 Å². The van der Waals surface area contributed by atoms with E-state index in [1.807, 2.05) is 39.0 Å². The van der Waals surface area contributed by atoms with Gasteiger partial charge in [0.1, 0.15) is 5.75 Å². The van der Waals surface area contributed by atoms with E-state index in [0.29, 0.717) is 28.8 Å². The highest BCUT2D eigenvalue weighted by molar-refractivity contribution is 6.23. The van der Waals surface area contributed by atoms with Crippen LogP contribution in [-0.4, -0.2) is 30.2 Å². The number of carbonyl (C=O) groups excluding carboxylic acids is 4. The molecule has 2 saturated carbocycles. The number of aryl methyl sites for hydroxylation is 3. The van der Waals surface area contributed by atoms with E-state index >= 15 is 0 Å². The van der Waals surface area contributed by atoms with Crippen LogP contribution < -0.4 is 14.5 Å². The number of nitrogens with zero attached hydrogens (tertiary/aromatic N) is 2. The minimum Gasteiger partial charge on any atom is -0.426 e. The first-order valence-corrected chi connectivity index (χ1v) is 13.5. The number of benzene rings is 2. The zero-order chi connectivity index (χ0) is 26.5. The van der Waals surface area contributed by atoms with Crippen LogP contribution in [0.25, 0.3) is 0 Å². The van der Waals surface area contributed by atoms with Gasteiger partial charge in [0, 0.05) is 18.7 Å². The van der Waals surface area contributed by atoms with Gasteiger partial charge in [0.15, 0.2) is 0 Å². The van der Waals surface area contributed by atoms with Crippen molar-refractivity contribution in [3.8, 4) is 5.75 Å². The van der Waals surface area contributed by atoms with Crippen molar-refractivity contribution in [1.29, 1.82) is 0 Å². The third-order valence-corrected chi connectivity index (χ3v) is 9.40. The van der Waals surface area contributed by atoms with E-state index in [9.17, 15) is 19.2 Å². The summed E-state index contributed by atoms with van der Waals surface area (Å²) in [6, 6.07) is 11.0. The molecule has 7 nitrogen and oxygen atoms in total. The summed E-state index contributed by atoms with van der Waals surface area (Å²) in [6.45, 7) is 6.02. The van der Waals surface area contributed by atoms with E-state index in [1.165, 1.54) is 4.90 Å². The molecule has 2 saturated heterocycles. The maximum atomic E-state index is 13.5. The average Bonchev–Trinajstić information content (AvgIpc) is 3.57. The molecule has 8 rings (SSSR count). The lowest BCUT2D eigenvalue weighted by molar-refractivity contribution is -0.139. The van der Waals surface area contributed by atoms with Crippen molar-refractivity contribution in [2.24, 2.45) is 41.4 Å². The average molecular weight is 511 g/mol. The Labute approximate surface area is 221 Å². The fourth-order valence-corrected chi connectivity index (χ4v) is 7.44. The Hall–Kier alpha value is -3.74. The SMILES string of the molecule is Cc1ccc(C)c(N2C[C@H](C(=O)Oc3ccc(N4C(=O)[C@@H]5[C@H]6C=C[C@@H]([C@@H]7C[C@@H]67)[C@H]5C4=O)c(C)c3)CC2=O)c1. The van der Waals surface area contributed by atoms with Crippen molar-refractivity contribution < 1.29 is 23.9 Å². The molecule has 38 heavy (non-hydrogen) atoms. The molecule has 4 aliphatic carbocycles. The lowest BCUT2D eigenvalue weighted by Crippen LogP contribution is -2.40. The second-order valence-electron chi connectivity index (χ2n) is 11.7. The van der Waals surface area contributed by atoms with Crippen LogP contribution in [0.3, 0.4) is 0 Å². The molecule has 2 aliphatic heterocycles. The molecule has 7 heteroatoms. The Morgan fingerprint density at radius 3 is 2.18 bits per heavy atom. The van der Waals surface area contributed by atoms with E-state index < -0.39 is 11.9 Å². The van der Waals surface area contributed by atoms with Gasteiger partial charge in [-0.1, -0.05) is 24.3 Å². The zero-order valence-corrected chi connectivity index (χ0v) is 21.7. The molecule has 7 atom stereocenters. The quantitative estimate of drug-likeness (QED) is 0.267. The number of amides is 3. The molecule has 2 bridgehead atoms. The van der Waals surface area contributed by atoms with Gasteiger partial charge >= 0.3 is 5.97 Å². The second-order valence-corrected chi connectivity index (χ2v) is 11.7. The number of ether oxygens (including phenoxy) is 1. The smallest absolute Gasteiger partial charge is 0.316 e.